The predicted octanol–water partition coefficient (Wildman–Crippen LogP) is 1.14. The van der Waals surface area contributed by atoms with Crippen LogP contribution >= 0.6 is 0 Å². The van der Waals surface area contributed by atoms with E-state index in [9.17, 15) is 0 Å². The molecule has 1 aliphatic rings. The first kappa shape index (κ1) is 11.4. The van der Waals surface area contributed by atoms with E-state index in [4.69, 9.17) is 14.6 Å². The standard InChI is InChI=1S/C11H18O3/c1-13-7-10-3-9(6-12)4-11(5-10)8-14-2/h3-4,9,12H,5-8H2,1-2H3. The average molecular weight is 198 g/mol. The maximum Gasteiger partial charge on any atom is 0.0676 e. The second-order valence-corrected chi connectivity index (χ2v) is 3.54. The molecule has 3 nitrogen and oxygen atoms in total. The fourth-order valence-corrected chi connectivity index (χ4v) is 1.74. The van der Waals surface area contributed by atoms with Crippen LogP contribution in [0.25, 0.3) is 0 Å². The van der Waals surface area contributed by atoms with Gasteiger partial charge in [-0.25, -0.2) is 0 Å². The van der Waals surface area contributed by atoms with Gasteiger partial charge in [0.2, 0.25) is 0 Å². The van der Waals surface area contributed by atoms with Gasteiger partial charge >= 0.3 is 0 Å². The van der Waals surface area contributed by atoms with Gasteiger partial charge in [-0.2, -0.15) is 0 Å². The van der Waals surface area contributed by atoms with E-state index in [1.807, 2.05) is 0 Å². The number of aliphatic hydroxyl groups excluding tert-OH is 1. The van der Waals surface area contributed by atoms with Crippen LogP contribution in [0.5, 0.6) is 0 Å². The van der Waals surface area contributed by atoms with E-state index in [1.165, 1.54) is 11.1 Å². The third-order valence-corrected chi connectivity index (χ3v) is 2.22. The molecular weight excluding hydrogens is 180 g/mol. The highest BCUT2D eigenvalue weighted by molar-refractivity contribution is 5.25. The molecule has 1 aliphatic carbocycles. The minimum absolute atomic E-state index is 0.124. The molecule has 0 unspecified atom stereocenters. The van der Waals surface area contributed by atoms with Crippen LogP contribution < -0.4 is 0 Å². The molecule has 0 aromatic heterocycles. The van der Waals surface area contributed by atoms with E-state index in [2.05, 4.69) is 12.2 Å². The fourth-order valence-electron chi connectivity index (χ4n) is 1.74. The lowest BCUT2D eigenvalue weighted by molar-refractivity contribution is 0.209. The molecule has 0 saturated heterocycles. The Hall–Kier alpha value is -0.640. The Kier molecular flexibility index (Phi) is 4.87. The van der Waals surface area contributed by atoms with Crippen LogP contribution in [0.2, 0.25) is 0 Å². The van der Waals surface area contributed by atoms with Crippen molar-refractivity contribution >= 4 is 0 Å². The minimum Gasteiger partial charge on any atom is -0.395 e. The van der Waals surface area contributed by atoms with Crippen LogP contribution in [-0.2, 0) is 9.47 Å². The minimum atomic E-state index is 0.124. The summed E-state index contributed by atoms with van der Waals surface area (Å²) >= 11 is 0. The zero-order valence-electron chi connectivity index (χ0n) is 8.82. The van der Waals surface area contributed by atoms with Gasteiger partial charge in [0.1, 0.15) is 0 Å². The molecule has 0 heterocycles. The number of hydrogen-bond donors (Lipinski definition) is 1. The van der Waals surface area contributed by atoms with Gasteiger partial charge in [-0.1, -0.05) is 12.2 Å². The molecule has 0 atom stereocenters. The Morgan fingerprint density at radius 1 is 1.21 bits per heavy atom. The van der Waals surface area contributed by atoms with Crippen LogP contribution in [-0.4, -0.2) is 39.1 Å². The largest absolute Gasteiger partial charge is 0.395 e. The Bertz CT molecular complexity index is 209. The van der Waals surface area contributed by atoms with Crippen LogP contribution in [0.4, 0.5) is 0 Å². The van der Waals surface area contributed by atoms with E-state index in [0.29, 0.717) is 13.2 Å². The SMILES string of the molecule is COCC1=CC(CO)C=C(COC)C1. The quantitative estimate of drug-likeness (QED) is 0.673. The molecule has 0 amide bonds. The van der Waals surface area contributed by atoms with Gasteiger partial charge < -0.3 is 14.6 Å². The maximum atomic E-state index is 9.09. The predicted molar refractivity (Wildman–Crippen MR) is 55.1 cm³/mol. The lowest BCUT2D eigenvalue weighted by Gasteiger charge is -2.19. The monoisotopic (exact) mass is 198 g/mol. The zero-order valence-corrected chi connectivity index (χ0v) is 8.82. The summed E-state index contributed by atoms with van der Waals surface area (Å²) in [5, 5.41) is 9.09. The van der Waals surface area contributed by atoms with Gasteiger partial charge in [-0.05, 0) is 17.6 Å². The van der Waals surface area contributed by atoms with Crippen molar-refractivity contribution in [3.05, 3.63) is 23.3 Å². The molecule has 0 aromatic carbocycles. The Morgan fingerprint density at radius 2 is 1.71 bits per heavy atom. The summed E-state index contributed by atoms with van der Waals surface area (Å²) in [7, 11) is 3.37. The zero-order chi connectivity index (χ0) is 10.4. The summed E-state index contributed by atoms with van der Waals surface area (Å²) in [4.78, 5) is 0. The first-order chi connectivity index (χ1) is 6.80. The first-order valence-electron chi connectivity index (χ1n) is 4.78. The van der Waals surface area contributed by atoms with Crippen molar-refractivity contribution < 1.29 is 14.6 Å². The van der Waals surface area contributed by atoms with Crippen molar-refractivity contribution in [2.45, 2.75) is 6.42 Å². The van der Waals surface area contributed by atoms with Crippen LogP contribution in [0, 0.1) is 5.92 Å². The topological polar surface area (TPSA) is 38.7 Å². The molecule has 0 aliphatic heterocycles. The van der Waals surface area contributed by atoms with Gasteiger partial charge in [0.15, 0.2) is 0 Å². The highest BCUT2D eigenvalue weighted by Gasteiger charge is 2.13. The second-order valence-electron chi connectivity index (χ2n) is 3.54. The average Bonchev–Trinajstić information content (AvgIpc) is 2.18. The highest BCUT2D eigenvalue weighted by atomic mass is 16.5. The lowest BCUT2D eigenvalue weighted by Crippen LogP contribution is -2.12. The van der Waals surface area contributed by atoms with Crippen LogP contribution in [0.3, 0.4) is 0 Å². The van der Waals surface area contributed by atoms with Crippen molar-refractivity contribution in [1.29, 1.82) is 0 Å². The first-order valence-corrected chi connectivity index (χ1v) is 4.78. The summed E-state index contributed by atoms with van der Waals surface area (Å²) in [5.74, 6) is 0.124. The van der Waals surface area contributed by atoms with Crippen molar-refractivity contribution in [1.82, 2.24) is 0 Å². The number of methoxy groups -OCH3 is 2. The molecule has 1 N–H and O–H groups in total. The molecule has 3 heteroatoms. The molecule has 0 aromatic rings. The molecule has 0 saturated carbocycles. The summed E-state index contributed by atoms with van der Waals surface area (Å²) in [6, 6.07) is 0. The summed E-state index contributed by atoms with van der Waals surface area (Å²) in [5.41, 5.74) is 2.45. The van der Waals surface area contributed by atoms with Crippen molar-refractivity contribution in [3.63, 3.8) is 0 Å². The summed E-state index contributed by atoms with van der Waals surface area (Å²) < 4.78 is 10.2. The molecule has 0 bridgehead atoms. The van der Waals surface area contributed by atoms with Crippen molar-refractivity contribution in [2.75, 3.05) is 34.0 Å². The lowest BCUT2D eigenvalue weighted by atomic mass is 9.92. The van der Waals surface area contributed by atoms with Crippen LogP contribution in [0.1, 0.15) is 6.42 Å². The van der Waals surface area contributed by atoms with Gasteiger partial charge in [-0.3, -0.25) is 0 Å². The van der Waals surface area contributed by atoms with Gasteiger partial charge in [0, 0.05) is 20.1 Å². The van der Waals surface area contributed by atoms with Crippen molar-refractivity contribution in [3.8, 4) is 0 Å². The van der Waals surface area contributed by atoms with E-state index >= 15 is 0 Å². The molecule has 80 valence electrons. The third kappa shape index (κ3) is 3.25. The summed E-state index contributed by atoms with van der Waals surface area (Å²) in [6.07, 6.45) is 5.05. The number of rotatable bonds is 5. The van der Waals surface area contributed by atoms with Gasteiger partial charge in [0.25, 0.3) is 0 Å². The van der Waals surface area contributed by atoms with Gasteiger partial charge in [-0.15, -0.1) is 0 Å². The molecule has 0 fully saturated rings. The smallest absolute Gasteiger partial charge is 0.0676 e. The van der Waals surface area contributed by atoms with E-state index in [1.54, 1.807) is 14.2 Å². The number of ether oxygens (including phenoxy) is 2. The Morgan fingerprint density at radius 3 is 2.07 bits per heavy atom. The normalized spacial score (nSPS) is 17.9. The van der Waals surface area contributed by atoms with E-state index in [0.717, 1.165) is 6.42 Å². The number of hydrogen-bond acceptors (Lipinski definition) is 3. The maximum absolute atomic E-state index is 9.09. The fraction of sp³-hybridized carbons (Fsp3) is 0.636. The Labute approximate surface area is 85.0 Å². The molecular formula is C11H18O3. The third-order valence-electron chi connectivity index (χ3n) is 2.22. The molecule has 14 heavy (non-hydrogen) atoms. The number of aliphatic hydroxyl groups is 1. The van der Waals surface area contributed by atoms with E-state index in [-0.39, 0.29) is 12.5 Å². The Balaban J connectivity index is 2.60. The molecule has 0 spiro atoms. The summed E-state index contributed by atoms with van der Waals surface area (Å²) in [6.45, 7) is 1.43. The van der Waals surface area contributed by atoms with E-state index < -0.39 is 0 Å². The molecule has 0 radical (unpaired) electrons. The van der Waals surface area contributed by atoms with Crippen molar-refractivity contribution in [2.24, 2.45) is 5.92 Å². The highest BCUT2D eigenvalue weighted by Crippen LogP contribution is 2.22. The second kappa shape index (κ2) is 5.96. The molecule has 1 rings (SSSR count). The van der Waals surface area contributed by atoms with Gasteiger partial charge in [0.05, 0.1) is 19.8 Å². The van der Waals surface area contributed by atoms with Crippen LogP contribution in [0.15, 0.2) is 23.3 Å².